The number of hydrogen-bond acceptors (Lipinski definition) is 5. The van der Waals surface area contributed by atoms with E-state index in [1.165, 1.54) is 16.5 Å². The summed E-state index contributed by atoms with van der Waals surface area (Å²) in [6, 6.07) is 8.56. The molecule has 0 spiro atoms. The Labute approximate surface area is 169 Å². The molecule has 4 rings (SSSR count). The van der Waals surface area contributed by atoms with E-state index in [0.29, 0.717) is 11.4 Å². The van der Waals surface area contributed by atoms with Gasteiger partial charge in [-0.2, -0.15) is 0 Å². The molecule has 0 amide bonds. The lowest BCUT2D eigenvalue weighted by Crippen LogP contribution is -2.44. The molecular formula is C22H25FN4O2. The number of likely N-dealkylation sites (N-methyl/N-ethyl adjacent to an activating group) is 1. The van der Waals surface area contributed by atoms with Crippen molar-refractivity contribution in [3.8, 4) is 17.0 Å². The van der Waals surface area contributed by atoms with Gasteiger partial charge < -0.3 is 14.5 Å². The Morgan fingerprint density at radius 2 is 1.90 bits per heavy atom. The number of hydrogen-bond donors (Lipinski definition) is 0. The monoisotopic (exact) mass is 396 g/mol. The van der Waals surface area contributed by atoms with E-state index >= 15 is 0 Å². The predicted octanol–water partition coefficient (Wildman–Crippen LogP) is 2.82. The minimum absolute atomic E-state index is 0.0410. The van der Waals surface area contributed by atoms with Crippen LogP contribution in [0.4, 0.5) is 10.1 Å². The topological polar surface area (TPSA) is 50.1 Å². The predicted molar refractivity (Wildman–Crippen MR) is 112 cm³/mol. The van der Waals surface area contributed by atoms with Crippen molar-refractivity contribution in [3.63, 3.8) is 0 Å². The first kappa shape index (κ1) is 19.4. The molecule has 152 valence electrons. The van der Waals surface area contributed by atoms with Crippen molar-refractivity contribution in [2.24, 2.45) is 0 Å². The smallest absolute Gasteiger partial charge is 0.258 e. The molecule has 1 aliphatic heterocycles. The molecule has 2 aromatic heterocycles. The molecule has 1 aliphatic rings. The van der Waals surface area contributed by atoms with Crippen LogP contribution in [-0.2, 0) is 6.42 Å². The molecule has 0 N–H and O–H groups in total. The Kier molecular flexibility index (Phi) is 5.24. The summed E-state index contributed by atoms with van der Waals surface area (Å²) in [5.41, 5.74) is 2.69. The van der Waals surface area contributed by atoms with Crippen molar-refractivity contribution in [1.29, 1.82) is 0 Å². The summed E-state index contributed by atoms with van der Waals surface area (Å²) in [6.45, 7) is 5.44. The standard InChI is InChI=1S/C22H25FN4O2/c1-4-15-11-16(5-6-20(15)29-3)19-13-21(28)27-14-17(12-18(23)22(27)24-19)26-9-7-25(2)8-10-26/h5-6,11-14H,4,7-10H2,1-3H3. The molecule has 6 nitrogen and oxygen atoms in total. The zero-order valence-corrected chi connectivity index (χ0v) is 17.0. The average molecular weight is 396 g/mol. The molecule has 0 atom stereocenters. The van der Waals surface area contributed by atoms with Crippen molar-refractivity contribution in [2.75, 3.05) is 45.2 Å². The Balaban J connectivity index is 1.77. The fraction of sp³-hybridized carbons (Fsp3) is 0.364. The number of rotatable bonds is 4. The SMILES string of the molecule is CCc1cc(-c2cc(=O)n3cc(N4CCN(C)CC4)cc(F)c3n2)ccc1OC. The number of benzene rings is 1. The largest absolute Gasteiger partial charge is 0.496 e. The lowest BCUT2D eigenvalue weighted by atomic mass is 10.0. The maximum atomic E-state index is 14.9. The molecule has 0 aliphatic carbocycles. The van der Waals surface area contributed by atoms with Crippen molar-refractivity contribution in [2.45, 2.75) is 13.3 Å². The van der Waals surface area contributed by atoms with Crippen molar-refractivity contribution in [1.82, 2.24) is 14.3 Å². The number of nitrogens with zero attached hydrogens (tertiary/aromatic N) is 4. The second kappa shape index (κ2) is 7.83. The van der Waals surface area contributed by atoms with Gasteiger partial charge >= 0.3 is 0 Å². The van der Waals surface area contributed by atoms with Crippen molar-refractivity contribution >= 4 is 11.3 Å². The van der Waals surface area contributed by atoms with Crippen molar-refractivity contribution in [3.05, 3.63) is 58.3 Å². The van der Waals surface area contributed by atoms with Crippen LogP contribution in [0.1, 0.15) is 12.5 Å². The van der Waals surface area contributed by atoms with Crippen LogP contribution >= 0.6 is 0 Å². The summed E-state index contributed by atoms with van der Waals surface area (Å²) in [5, 5.41) is 0. The molecule has 0 bridgehead atoms. The Morgan fingerprint density at radius 3 is 2.59 bits per heavy atom. The van der Waals surface area contributed by atoms with E-state index in [2.05, 4.69) is 21.8 Å². The van der Waals surface area contributed by atoms with Crippen molar-refractivity contribution < 1.29 is 9.13 Å². The maximum Gasteiger partial charge on any atom is 0.258 e. The van der Waals surface area contributed by atoms with Gasteiger partial charge in [-0.3, -0.25) is 9.20 Å². The summed E-state index contributed by atoms with van der Waals surface area (Å²) in [5.74, 6) is 0.293. The summed E-state index contributed by atoms with van der Waals surface area (Å²) >= 11 is 0. The molecule has 3 heterocycles. The fourth-order valence-corrected chi connectivity index (χ4v) is 3.75. The summed E-state index contributed by atoms with van der Waals surface area (Å²) in [4.78, 5) is 21.6. The van der Waals surface area contributed by atoms with E-state index in [1.54, 1.807) is 13.3 Å². The molecular weight excluding hydrogens is 371 g/mol. The highest BCUT2D eigenvalue weighted by atomic mass is 19.1. The highest BCUT2D eigenvalue weighted by Crippen LogP contribution is 2.27. The molecule has 1 saturated heterocycles. The zero-order chi connectivity index (χ0) is 20.5. The second-order valence-electron chi connectivity index (χ2n) is 7.39. The molecule has 0 radical (unpaired) electrons. The van der Waals surface area contributed by atoms with Crippen LogP contribution in [0.5, 0.6) is 5.75 Å². The Morgan fingerprint density at radius 1 is 1.14 bits per heavy atom. The zero-order valence-electron chi connectivity index (χ0n) is 17.0. The number of aryl methyl sites for hydroxylation is 1. The molecule has 1 aromatic carbocycles. The third kappa shape index (κ3) is 3.70. The van der Waals surface area contributed by atoms with Gasteiger partial charge in [0.2, 0.25) is 0 Å². The summed E-state index contributed by atoms with van der Waals surface area (Å²) in [6.07, 6.45) is 2.47. The van der Waals surface area contributed by atoms with Gasteiger partial charge in [0, 0.05) is 50.1 Å². The first-order valence-electron chi connectivity index (χ1n) is 9.84. The second-order valence-corrected chi connectivity index (χ2v) is 7.39. The third-order valence-electron chi connectivity index (χ3n) is 5.53. The Hall–Kier alpha value is -2.93. The number of piperazine rings is 1. The molecule has 7 heteroatoms. The van der Waals surface area contributed by atoms with Crippen LogP contribution < -0.4 is 15.2 Å². The maximum absolute atomic E-state index is 14.9. The van der Waals surface area contributed by atoms with E-state index < -0.39 is 5.82 Å². The number of aromatic nitrogens is 2. The minimum Gasteiger partial charge on any atom is -0.496 e. The quantitative estimate of drug-likeness (QED) is 0.679. The number of methoxy groups -OCH3 is 1. The van der Waals surface area contributed by atoms with Crippen LogP contribution in [0.25, 0.3) is 16.9 Å². The van der Waals surface area contributed by atoms with E-state index in [9.17, 15) is 9.18 Å². The highest BCUT2D eigenvalue weighted by molar-refractivity contribution is 5.65. The van der Waals surface area contributed by atoms with Crippen LogP contribution in [0.2, 0.25) is 0 Å². The first-order chi connectivity index (χ1) is 14.0. The van der Waals surface area contributed by atoms with Crippen LogP contribution in [-0.4, -0.2) is 54.6 Å². The molecule has 1 fully saturated rings. The first-order valence-corrected chi connectivity index (χ1v) is 9.84. The number of anilines is 1. The lowest BCUT2D eigenvalue weighted by molar-refractivity contribution is 0.312. The lowest BCUT2D eigenvalue weighted by Gasteiger charge is -2.34. The molecule has 29 heavy (non-hydrogen) atoms. The highest BCUT2D eigenvalue weighted by Gasteiger charge is 2.18. The molecule has 3 aromatic rings. The third-order valence-corrected chi connectivity index (χ3v) is 5.53. The van der Waals surface area contributed by atoms with Gasteiger partial charge in [0.15, 0.2) is 11.5 Å². The number of ether oxygens (including phenoxy) is 1. The Bertz CT molecular complexity index is 1100. The number of halogens is 1. The van der Waals surface area contributed by atoms with Gasteiger partial charge in [-0.25, -0.2) is 9.37 Å². The fourth-order valence-electron chi connectivity index (χ4n) is 3.75. The normalized spacial score (nSPS) is 15.1. The molecule has 0 saturated carbocycles. The van der Waals surface area contributed by atoms with E-state index in [1.807, 2.05) is 25.1 Å². The van der Waals surface area contributed by atoms with Gasteiger partial charge in [0.25, 0.3) is 5.56 Å². The van der Waals surface area contributed by atoms with Gasteiger partial charge in [0.1, 0.15) is 5.75 Å². The number of fused-ring (bicyclic) bond motifs is 1. The van der Waals surface area contributed by atoms with Gasteiger partial charge in [0.05, 0.1) is 18.5 Å². The van der Waals surface area contributed by atoms with E-state index in [4.69, 9.17) is 4.74 Å². The average Bonchev–Trinajstić information content (AvgIpc) is 2.74. The van der Waals surface area contributed by atoms with E-state index in [0.717, 1.165) is 49.5 Å². The van der Waals surface area contributed by atoms with Crippen LogP contribution in [0.15, 0.2) is 41.3 Å². The van der Waals surface area contributed by atoms with Crippen LogP contribution in [0, 0.1) is 5.82 Å². The van der Waals surface area contributed by atoms with Crippen LogP contribution in [0.3, 0.4) is 0 Å². The summed E-state index contributed by atoms with van der Waals surface area (Å²) in [7, 11) is 3.69. The van der Waals surface area contributed by atoms with Gasteiger partial charge in [-0.05, 0) is 37.2 Å². The minimum atomic E-state index is -0.496. The van der Waals surface area contributed by atoms with Gasteiger partial charge in [-0.1, -0.05) is 6.92 Å². The van der Waals surface area contributed by atoms with Gasteiger partial charge in [-0.15, -0.1) is 0 Å². The number of pyridine rings is 1. The summed E-state index contributed by atoms with van der Waals surface area (Å²) < 4.78 is 21.6. The molecule has 0 unspecified atom stereocenters. The van der Waals surface area contributed by atoms with E-state index in [-0.39, 0.29) is 11.2 Å².